The molecule has 0 radical (unpaired) electrons. The van der Waals surface area contributed by atoms with Gasteiger partial charge in [-0.1, -0.05) is 12.1 Å². The van der Waals surface area contributed by atoms with Gasteiger partial charge in [0.25, 0.3) is 0 Å². The van der Waals surface area contributed by atoms with Crippen molar-refractivity contribution in [1.29, 1.82) is 0 Å². The second-order valence-electron chi connectivity index (χ2n) is 8.73. The van der Waals surface area contributed by atoms with Crippen LogP contribution in [0.25, 0.3) is 0 Å². The number of carbonyl (C=O) groups excluding carboxylic acids is 4. The predicted octanol–water partition coefficient (Wildman–Crippen LogP) is -1.95. The van der Waals surface area contributed by atoms with E-state index in [0.717, 1.165) is 4.90 Å². The van der Waals surface area contributed by atoms with Gasteiger partial charge in [0.1, 0.15) is 23.9 Å². The molecule has 1 aromatic rings. The number of nitrogens with two attached hydrogens (primary N) is 2. The van der Waals surface area contributed by atoms with Crippen molar-refractivity contribution in [1.82, 2.24) is 15.5 Å². The van der Waals surface area contributed by atoms with E-state index < -0.39 is 66.2 Å². The van der Waals surface area contributed by atoms with Gasteiger partial charge >= 0.3 is 11.9 Å². The van der Waals surface area contributed by atoms with Crippen LogP contribution in [0.5, 0.6) is 5.75 Å². The molecule has 4 atom stereocenters. The molecule has 0 aliphatic carbocycles. The number of nitrogens with one attached hydrogen (secondary N) is 2. The lowest BCUT2D eigenvalue weighted by atomic mass is 10.0. The van der Waals surface area contributed by atoms with Gasteiger partial charge in [0.15, 0.2) is 0 Å². The van der Waals surface area contributed by atoms with Crippen LogP contribution >= 0.6 is 0 Å². The highest BCUT2D eigenvalue weighted by Crippen LogP contribution is 2.19. The summed E-state index contributed by atoms with van der Waals surface area (Å²) >= 11 is 0. The molecular weight excluding hydrogens is 490 g/mol. The minimum absolute atomic E-state index is 0.0322. The molecule has 1 heterocycles. The highest BCUT2D eigenvalue weighted by atomic mass is 16.4. The van der Waals surface area contributed by atoms with E-state index in [4.69, 9.17) is 16.6 Å². The van der Waals surface area contributed by atoms with Crippen LogP contribution < -0.4 is 22.1 Å². The number of likely N-dealkylation sites (tertiary alicyclic amines) is 1. The van der Waals surface area contributed by atoms with Crippen LogP contribution in [-0.4, -0.2) is 86.5 Å². The number of hydrogen-bond acceptors (Lipinski definition) is 8. The number of nitrogens with zero attached hydrogens (tertiary/aromatic N) is 1. The first-order valence-corrected chi connectivity index (χ1v) is 11.6. The van der Waals surface area contributed by atoms with Crippen LogP contribution in [0.2, 0.25) is 0 Å². The van der Waals surface area contributed by atoms with Crippen molar-refractivity contribution >= 4 is 35.6 Å². The molecule has 14 nitrogen and oxygen atoms in total. The van der Waals surface area contributed by atoms with E-state index in [1.54, 1.807) is 0 Å². The molecule has 14 heteroatoms. The van der Waals surface area contributed by atoms with Crippen LogP contribution in [0, 0.1) is 0 Å². The average Bonchev–Trinajstić information content (AvgIpc) is 3.32. The summed E-state index contributed by atoms with van der Waals surface area (Å²) in [6, 6.07) is 0.580. The normalized spacial score (nSPS) is 17.3. The summed E-state index contributed by atoms with van der Waals surface area (Å²) in [5.41, 5.74) is 11.5. The third-order valence-electron chi connectivity index (χ3n) is 5.86. The number of phenolic OH excluding ortho intramolecular Hbond substituents is 1. The van der Waals surface area contributed by atoms with E-state index in [9.17, 15) is 39.0 Å². The van der Waals surface area contributed by atoms with Crippen molar-refractivity contribution in [3.63, 3.8) is 0 Å². The van der Waals surface area contributed by atoms with Gasteiger partial charge in [0.2, 0.25) is 23.6 Å². The number of aromatic hydroxyl groups is 1. The monoisotopic (exact) mass is 521 g/mol. The Morgan fingerprint density at radius 2 is 1.62 bits per heavy atom. The molecule has 1 aliphatic rings. The Labute approximate surface area is 212 Å². The SMILES string of the molecule is NC(=O)CC(NC(=O)C(Cc1ccc(O)cc1)NC(=O)C(N)CCC(=O)O)C(=O)N1CCCC1C(=O)O. The Balaban J connectivity index is 2.24. The molecule has 4 unspecified atom stereocenters. The molecule has 4 amide bonds. The minimum atomic E-state index is -1.48. The number of amides is 4. The Hall–Kier alpha value is -4.20. The molecule has 0 aromatic heterocycles. The van der Waals surface area contributed by atoms with Crippen molar-refractivity contribution in [3.8, 4) is 5.75 Å². The van der Waals surface area contributed by atoms with Gasteiger partial charge in [-0.25, -0.2) is 4.79 Å². The van der Waals surface area contributed by atoms with Gasteiger partial charge in [-0.2, -0.15) is 0 Å². The number of carboxylic acids is 2. The van der Waals surface area contributed by atoms with Crippen LogP contribution in [0.3, 0.4) is 0 Å². The number of aliphatic carboxylic acids is 2. The summed E-state index contributed by atoms with van der Waals surface area (Å²) in [4.78, 5) is 73.9. The molecule has 0 saturated carbocycles. The van der Waals surface area contributed by atoms with E-state index in [-0.39, 0.29) is 38.0 Å². The number of benzene rings is 1. The largest absolute Gasteiger partial charge is 0.508 e. The lowest BCUT2D eigenvalue weighted by Gasteiger charge is -2.28. The number of carbonyl (C=O) groups is 6. The summed E-state index contributed by atoms with van der Waals surface area (Å²) in [5.74, 6) is -5.82. The Kier molecular flexibility index (Phi) is 10.4. The van der Waals surface area contributed by atoms with Crippen molar-refractivity contribution in [3.05, 3.63) is 29.8 Å². The zero-order valence-electron chi connectivity index (χ0n) is 20.0. The fourth-order valence-electron chi connectivity index (χ4n) is 3.93. The molecule has 9 N–H and O–H groups in total. The zero-order chi connectivity index (χ0) is 27.7. The zero-order valence-corrected chi connectivity index (χ0v) is 20.0. The fraction of sp³-hybridized carbons (Fsp3) is 0.478. The molecule has 1 aliphatic heterocycles. The number of carboxylic acid groups (broad SMARTS) is 2. The maximum absolute atomic E-state index is 13.2. The van der Waals surface area contributed by atoms with E-state index in [1.807, 2.05) is 0 Å². The number of primary amides is 1. The maximum atomic E-state index is 13.2. The van der Waals surface area contributed by atoms with Crippen LogP contribution in [-0.2, 0) is 35.2 Å². The second kappa shape index (κ2) is 13.2. The first kappa shape index (κ1) is 29.0. The molecule has 202 valence electrons. The lowest BCUT2D eigenvalue weighted by Crippen LogP contribution is -2.58. The van der Waals surface area contributed by atoms with Crippen molar-refractivity contribution in [2.75, 3.05) is 6.54 Å². The number of rotatable bonds is 13. The van der Waals surface area contributed by atoms with Gasteiger partial charge in [-0.15, -0.1) is 0 Å². The van der Waals surface area contributed by atoms with Gasteiger partial charge in [0.05, 0.1) is 12.5 Å². The second-order valence-corrected chi connectivity index (χ2v) is 8.73. The molecule has 0 bridgehead atoms. The van der Waals surface area contributed by atoms with Crippen molar-refractivity contribution in [2.45, 2.75) is 62.7 Å². The molecule has 0 spiro atoms. The van der Waals surface area contributed by atoms with Crippen molar-refractivity contribution < 1.29 is 44.1 Å². The molecule has 2 rings (SSSR count). The molecular formula is C23H31N5O9. The van der Waals surface area contributed by atoms with Gasteiger partial charge < -0.3 is 42.3 Å². The van der Waals surface area contributed by atoms with Crippen LogP contribution in [0.15, 0.2) is 24.3 Å². The van der Waals surface area contributed by atoms with Gasteiger partial charge in [-0.3, -0.25) is 24.0 Å². The smallest absolute Gasteiger partial charge is 0.326 e. The Bertz CT molecular complexity index is 1030. The summed E-state index contributed by atoms with van der Waals surface area (Å²) in [7, 11) is 0. The average molecular weight is 522 g/mol. The summed E-state index contributed by atoms with van der Waals surface area (Å²) in [6.07, 6.45) is -0.643. The topological polar surface area (TPSA) is 242 Å². The molecule has 1 fully saturated rings. The molecule has 1 aromatic carbocycles. The van der Waals surface area contributed by atoms with Gasteiger partial charge in [0, 0.05) is 19.4 Å². The molecule has 1 saturated heterocycles. The van der Waals surface area contributed by atoms with Gasteiger partial charge in [-0.05, 0) is 37.0 Å². The third kappa shape index (κ3) is 8.75. The Morgan fingerprint density at radius 3 is 2.19 bits per heavy atom. The van der Waals surface area contributed by atoms with Crippen LogP contribution in [0.1, 0.15) is 37.7 Å². The summed E-state index contributed by atoms with van der Waals surface area (Å²) in [5, 5.41) is 32.5. The number of phenols is 1. The Morgan fingerprint density at radius 1 is 1.00 bits per heavy atom. The standard InChI is InChI=1S/C23H31N5O9/c24-14(7-8-19(31)32)20(33)26-15(10-12-3-5-13(29)6-4-12)21(34)27-16(11-18(25)30)22(35)28-9-1-2-17(28)23(36)37/h3-6,14-17,29H,1-2,7-11,24H2,(H2,25,30)(H,26,33)(H,27,34)(H,31,32)(H,36,37). The van der Waals surface area contributed by atoms with E-state index >= 15 is 0 Å². The maximum Gasteiger partial charge on any atom is 0.326 e. The highest BCUT2D eigenvalue weighted by Gasteiger charge is 2.39. The fourth-order valence-corrected chi connectivity index (χ4v) is 3.93. The van der Waals surface area contributed by atoms with Crippen LogP contribution in [0.4, 0.5) is 0 Å². The predicted molar refractivity (Wildman–Crippen MR) is 127 cm³/mol. The minimum Gasteiger partial charge on any atom is -0.508 e. The highest BCUT2D eigenvalue weighted by molar-refractivity contribution is 5.96. The first-order chi connectivity index (χ1) is 17.4. The van der Waals surface area contributed by atoms with E-state index in [1.165, 1.54) is 24.3 Å². The third-order valence-corrected chi connectivity index (χ3v) is 5.86. The lowest BCUT2D eigenvalue weighted by molar-refractivity contribution is -0.149. The first-order valence-electron chi connectivity index (χ1n) is 11.6. The quantitative estimate of drug-likeness (QED) is 0.151. The van der Waals surface area contributed by atoms with E-state index in [2.05, 4.69) is 10.6 Å². The number of hydrogen-bond donors (Lipinski definition) is 7. The van der Waals surface area contributed by atoms with E-state index in [0.29, 0.717) is 12.0 Å². The summed E-state index contributed by atoms with van der Waals surface area (Å²) in [6.45, 7) is 0.118. The molecule has 37 heavy (non-hydrogen) atoms. The van der Waals surface area contributed by atoms with Crippen molar-refractivity contribution in [2.24, 2.45) is 11.5 Å². The summed E-state index contributed by atoms with van der Waals surface area (Å²) < 4.78 is 0.